The Kier molecular flexibility index (Phi) is 4.52. The van der Waals surface area contributed by atoms with E-state index in [2.05, 4.69) is 43.5 Å². The molecular formula is C21H22N2O. The Morgan fingerprint density at radius 3 is 2.33 bits per heavy atom. The summed E-state index contributed by atoms with van der Waals surface area (Å²) >= 11 is 0. The fourth-order valence-electron chi connectivity index (χ4n) is 3.16. The molecule has 0 aliphatic carbocycles. The van der Waals surface area contributed by atoms with Crippen LogP contribution in [0.2, 0.25) is 0 Å². The number of carbonyl (C=O) groups is 1. The first-order valence-electron chi connectivity index (χ1n) is 8.14. The van der Waals surface area contributed by atoms with Crippen LogP contribution < -0.4 is 10.6 Å². The van der Waals surface area contributed by atoms with E-state index in [1.807, 2.05) is 42.5 Å². The number of nitrogens with one attached hydrogen (secondary N) is 2. The summed E-state index contributed by atoms with van der Waals surface area (Å²) in [7, 11) is 0. The molecule has 24 heavy (non-hydrogen) atoms. The first-order valence-corrected chi connectivity index (χ1v) is 8.14. The Balaban J connectivity index is 1.72. The zero-order valence-electron chi connectivity index (χ0n) is 14.3. The van der Waals surface area contributed by atoms with Gasteiger partial charge >= 0.3 is 0 Å². The van der Waals surface area contributed by atoms with Crippen molar-refractivity contribution >= 4 is 28.1 Å². The van der Waals surface area contributed by atoms with Gasteiger partial charge in [0, 0.05) is 16.8 Å². The Morgan fingerprint density at radius 1 is 0.917 bits per heavy atom. The van der Waals surface area contributed by atoms with Gasteiger partial charge in [-0.15, -0.1) is 0 Å². The van der Waals surface area contributed by atoms with Crippen LogP contribution in [-0.2, 0) is 4.79 Å². The van der Waals surface area contributed by atoms with Gasteiger partial charge in [-0.05, 0) is 43.4 Å². The quantitative estimate of drug-likeness (QED) is 0.724. The van der Waals surface area contributed by atoms with Crippen LogP contribution in [0.4, 0.5) is 11.4 Å². The van der Waals surface area contributed by atoms with E-state index in [1.165, 1.54) is 5.56 Å². The van der Waals surface area contributed by atoms with Gasteiger partial charge in [0.25, 0.3) is 0 Å². The van der Waals surface area contributed by atoms with Crippen LogP contribution in [0.25, 0.3) is 10.8 Å². The topological polar surface area (TPSA) is 41.1 Å². The van der Waals surface area contributed by atoms with Gasteiger partial charge in [0.1, 0.15) is 0 Å². The molecule has 0 aromatic heterocycles. The smallest absolute Gasteiger partial charge is 0.243 e. The molecule has 0 spiro atoms. The molecule has 0 unspecified atom stereocenters. The van der Waals surface area contributed by atoms with Crippen molar-refractivity contribution in [2.45, 2.75) is 20.8 Å². The second-order valence-electron chi connectivity index (χ2n) is 6.20. The van der Waals surface area contributed by atoms with Gasteiger partial charge in [0.15, 0.2) is 0 Å². The van der Waals surface area contributed by atoms with E-state index in [1.54, 1.807) is 0 Å². The highest BCUT2D eigenvalue weighted by atomic mass is 16.1. The van der Waals surface area contributed by atoms with Gasteiger partial charge in [-0.1, -0.05) is 54.1 Å². The zero-order valence-corrected chi connectivity index (χ0v) is 14.3. The van der Waals surface area contributed by atoms with Crippen LogP contribution in [0.3, 0.4) is 0 Å². The lowest BCUT2D eigenvalue weighted by molar-refractivity contribution is -0.114. The summed E-state index contributed by atoms with van der Waals surface area (Å²) in [4.78, 5) is 12.3. The minimum atomic E-state index is -0.0503. The third kappa shape index (κ3) is 3.40. The highest BCUT2D eigenvalue weighted by Gasteiger charge is 2.08. The number of amides is 1. The number of rotatable bonds is 4. The summed E-state index contributed by atoms with van der Waals surface area (Å²) in [5.74, 6) is -0.0503. The molecule has 0 fully saturated rings. The molecule has 0 aliphatic rings. The lowest BCUT2D eigenvalue weighted by Gasteiger charge is -2.14. The number of hydrogen-bond donors (Lipinski definition) is 2. The number of carbonyl (C=O) groups excluding carboxylic acids is 1. The molecule has 0 bridgehead atoms. The summed E-state index contributed by atoms with van der Waals surface area (Å²) in [5, 5.41) is 8.44. The van der Waals surface area contributed by atoms with Gasteiger partial charge in [0.05, 0.1) is 6.54 Å². The van der Waals surface area contributed by atoms with Crippen LogP contribution in [0, 0.1) is 20.8 Å². The van der Waals surface area contributed by atoms with E-state index in [4.69, 9.17) is 0 Å². The largest absolute Gasteiger partial charge is 0.376 e. The standard InChI is InChI=1S/C21H22N2O/c1-14-11-15(2)21(16(3)12-14)22-13-20(24)23-19-10-6-8-17-7-4-5-9-18(17)19/h4-12,22H,13H2,1-3H3,(H,23,24). The van der Waals surface area contributed by atoms with E-state index < -0.39 is 0 Å². The van der Waals surface area contributed by atoms with Gasteiger partial charge in [0.2, 0.25) is 5.91 Å². The highest BCUT2D eigenvalue weighted by Crippen LogP contribution is 2.24. The fraction of sp³-hybridized carbons (Fsp3) is 0.190. The van der Waals surface area contributed by atoms with Crippen molar-refractivity contribution in [3.05, 3.63) is 71.3 Å². The minimum absolute atomic E-state index is 0.0503. The summed E-state index contributed by atoms with van der Waals surface area (Å²) < 4.78 is 0. The molecule has 1 amide bonds. The third-order valence-corrected chi connectivity index (χ3v) is 4.17. The van der Waals surface area contributed by atoms with Crippen LogP contribution in [-0.4, -0.2) is 12.5 Å². The SMILES string of the molecule is Cc1cc(C)c(NCC(=O)Nc2cccc3ccccc23)c(C)c1. The Labute approximate surface area is 142 Å². The molecule has 2 N–H and O–H groups in total. The number of aryl methyl sites for hydroxylation is 3. The molecule has 3 aromatic rings. The summed E-state index contributed by atoms with van der Waals surface area (Å²) in [6.07, 6.45) is 0. The first kappa shape index (κ1) is 16.1. The van der Waals surface area contributed by atoms with Crippen LogP contribution in [0.5, 0.6) is 0 Å². The second kappa shape index (κ2) is 6.75. The van der Waals surface area contributed by atoms with Gasteiger partial charge in [-0.25, -0.2) is 0 Å². The van der Waals surface area contributed by atoms with Crippen molar-refractivity contribution in [2.24, 2.45) is 0 Å². The molecule has 0 aliphatic heterocycles. The molecule has 3 aromatic carbocycles. The molecule has 0 saturated carbocycles. The van der Waals surface area contributed by atoms with Crippen molar-refractivity contribution in [2.75, 3.05) is 17.2 Å². The van der Waals surface area contributed by atoms with Gasteiger partial charge in [-0.3, -0.25) is 4.79 Å². The van der Waals surface area contributed by atoms with E-state index in [9.17, 15) is 4.79 Å². The van der Waals surface area contributed by atoms with Crippen LogP contribution >= 0.6 is 0 Å². The van der Waals surface area contributed by atoms with Crippen LogP contribution in [0.1, 0.15) is 16.7 Å². The van der Waals surface area contributed by atoms with Crippen molar-refractivity contribution < 1.29 is 4.79 Å². The fourth-order valence-corrected chi connectivity index (χ4v) is 3.16. The number of fused-ring (bicyclic) bond motifs is 1. The third-order valence-electron chi connectivity index (χ3n) is 4.17. The van der Waals surface area contributed by atoms with Gasteiger partial charge in [-0.2, -0.15) is 0 Å². The lowest BCUT2D eigenvalue weighted by Crippen LogP contribution is -2.22. The zero-order chi connectivity index (χ0) is 17.1. The molecular weight excluding hydrogens is 296 g/mol. The minimum Gasteiger partial charge on any atom is -0.376 e. The number of benzene rings is 3. The Bertz CT molecular complexity index is 871. The number of hydrogen-bond acceptors (Lipinski definition) is 2. The molecule has 0 atom stereocenters. The lowest BCUT2D eigenvalue weighted by atomic mass is 10.1. The predicted octanol–water partition coefficient (Wildman–Crippen LogP) is 4.82. The normalized spacial score (nSPS) is 10.6. The van der Waals surface area contributed by atoms with Crippen molar-refractivity contribution in [3.8, 4) is 0 Å². The monoisotopic (exact) mass is 318 g/mol. The van der Waals surface area contributed by atoms with Crippen molar-refractivity contribution in [1.82, 2.24) is 0 Å². The molecule has 0 saturated heterocycles. The molecule has 0 radical (unpaired) electrons. The van der Waals surface area contributed by atoms with Gasteiger partial charge < -0.3 is 10.6 Å². The summed E-state index contributed by atoms with van der Waals surface area (Å²) in [6, 6.07) is 18.2. The molecule has 3 nitrogen and oxygen atoms in total. The van der Waals surface area contributed by atoms with E-state index in [0.29, 0.717) is 0 Å². The first-order chi connectivity index (χ1) is 11.5. The maximum absolute atomic E-state index is 12.3. The average Bonchev–Trinajstić information content (AvgIpc) is 2.54. The molecule has 3 rings (SSSR count). The molecule has 3 heteroatoms. The number of anilines is 2. The van der Waals surface area contributed by atoms with Crippen molar-refractivity contribution in [1.29, 1.82) is 0 Å². The Hall–Kier alpha value is -2.81. The molecule has 0 heterocycles. The van der Waals surface area contributed by atoms with Crippen molar-refractivity contribution in [3.63, 3.8) is 0 Å². The van der Waals surface area contributed by atoms with Crippen LogP contribution in [0.15, 0.2) is 54.6 Å². The Morgan fingerprint density at radius 2 is 1.58 bits per heavy atom. The van der Waals surface area contributed by atoms with E-state index >= 15 is 0 Å². The maximum atomic E-state index is 12.3. The van der Waals surface area contributed by atoms with E-state index in [-0.39, 0.29) is 12.5 Å². The summed E-state index contributed by atoms with van der Waals surface area (Å²) in [5.41, 5.74) is 5.43. The predicted molar refractivity (Wildman–Crippen MR) is 102 cm³/mol. The van der Waals surface area contributed by atoms with E-state index in [0.717, 1.165) is 33.3 Å². The average molecular weight is 318 g/mol. The molecule has 122 valence electrons. The second-order valence-corrected chi connectivity index (χ2v) is 6.20. The highest BCUT2D eigenvalue weighted by molar-refractivity contribution is 6.03. The summed E-state index contributed by atoms with van der Waals surface area (Å²) in [6.45, 7) is 6.45. The maximum Gasteiger partial charge on any atom is 0.243 e.